The molecular weight excluding hydrogens is 306 g/mol. The van der Waals surface area contributed by atoms with Gasteiger partial charge < -0.3 is 19.9 Å². The Balaban J connectivity index is 1.63. The second-order valence-electron chi connectivity index (χ2n) is 6.68. The van der Waals surface area contributed by atoms with E-state index in [2.05, 4.69) is 42.6 Å². The molecule has 0 bridgehead atoms. The second kappa shape index (κ2) is 6.55. The Morgan fingerprint density at radius 1 is 1.38 bits per heavy atom. The van der Waals surface area contributed by atoms with Crippen LogP contribution in [0, 0.1) is 0 Å². The van der Waals surface area contributed by atoms with Crippen molar-refractivity contribution in [3.63, 3.8) is 0 Å². The number of hydrogen-bond donors (Lipinski definition) is 2. The molecule has 0 aliphatic carbocycles. The molecule has 3 rings (SSSR count). The summed E-state index contributed by atoms with van der Waals surface area (Å²) < 4.78 is 10.7. The Morgan fingerprint density at radius 2 is 2.21 bits per heavy atom. The first-order valence-electron chi connectivity index (χ1n) is 8.22. The van der Waals surface area contributed by atoms with Crippen LogP contribution in [0.4, 0.5) is 4.79 Å². The molecule has 0 spiro atoms. The van der Waals surface area contributed by atoms with Crippen molar-refractivity contribution in [2.75, 3.05) is 0 Å². The van der Waals surface area contributed by atoms with Gasteiger partial charge in [0.1, 0.15) is 23.3 Å². The van der Waals surface area contributed by atoms with E-state index in [4.69, 9.17) is 9.26 Å². The number of carbonyl (C=O) groups is 1. The molecule has 1 aromatic carbocycles. The van der Waals surface area contributed by atoms with Crippen molar-refractivity contribution in [1.82, 2.24) is 15.8 Å². The highest BCUT2D eigenvalue weighted by Crippen LogP contribution is 2.36. The number of benzene rings is 1. The van der Waals surface area contributed by atoms with Crippen LogP contribution in [0.1, 0.15) is 50.1 Å². The molecule has 0 radical (unpaired) electrons. The molecule has 6 nitrogen and oxygen atoms in total. The van der Waals surface area contributed by atoms with Gasteiger partial charge in [0.2, 0.25) is 0 Å². The summed E-state index contributed by atoms with van der Waals surface area (Å²) >= 11 is 0. The number of rotatable bonds is 5. The highest BCUT2D eigenvalue weighted by Gasteiger charge is 2.30. The smallest absolute Gasteiger partial charge is 0.315 e. The first-order valence-corrected chi connectivity index (χ1v) is 8.22. The molecule has 1 aliphatic heterocycles. The van der Waals surface area contributed by atoms with Crippen LogP contribution in [0.15, 0.2) is 35.1 Å². The average molecular weight is 329 g/mol. The summed E-state index contributed by atoms with van der Waals surface area (Å²) in [6.07, 6.45) is 3.17. The molecule has 2 amide bonds. The van der Waals surface area contributed by atoms with Crippen molar-refractivity contribution < 1.29 is 14.1 Å². The van der Waals surface area contributed by atoms with Gasteiger partial charge in [-0.2, -0.15) is 0 Å². The lowest BCUT2D eigenvalue weighted by Crippen LogP contribution is -2.37. The van der Waals surface area contributed by atoms with Gasteiger partial charge in [0, 0.05) is 12.5 Å². The molecular formula is C18H23N3O3. The summed E-state index contributed by atoms with van der Waals surface area (Å²) in [6, 6.07) is 7.61. The Bertz CT molecular complexity index is 710. The maximum absolute atomic E-state index is 12.1. The van der Waals surface area contributed by atoms with E-state index in [1.54, 1.807) is 6.07 Å². The van der Waals surface area contributed by atoms with E-state index in [0.29, 0.717) is 12.2 Å². The molecule has 0 saturated heterocycles. The quantitative estimate of drug-likeness (QED) is 0.882. The molecule has 128 valence electrons. The van der Waals surface area contributed by atoms with Gasteiger partial charge in [-0.15, -0.1) is 0 Å². The van der Waals surface area contributed by atoms with Gasteiger partial charge in [0.25, 0.3) is 0 Å². The van der Waals surface area contributed by atoms with Gasteiger partial charge in [-0.05, 0) is 43.5 Å². The van der Waals surface area contributed by atoms with Crippen molar-refractivity contribution in [3.05, 3.63) is 47.3 Å². The van der Waals surface area contributed by atoms with Crippen LogP contribution in [0.3, 0.4) is 0 Å². The zero-order valence-electron chi connectivity index (χ0n) is 14.3. The number of nitrogens with zero attached hydrogens (tertiary/aromatic N) is 1. The molecule has 1 aromatic heterocycles. The van der Waals surface area contributed by atoms with Crippen LogP contribution in [0.25, 0.3) is 0 Å². The Kier molecular flexibility index (Phi) is 4.46. The molecule has 0 fully saturated rings. The number of nitrogens with one attached hydrogen (secondary N) is 2. The predicted octanol–water partition coefficient (Wildman–Crippen LogP) is 3.34. The zero-order chi connectivity index (χ0) is 17.2. The SMILES string of the molecule is CC[C@H](NC(=O)NCc1ccon1)c1ccc2c(c1)CC(C)(C)O2. The van der Waals surface area contributed by atoms with Gasteiger partial charge in [-0.3, -0.25) is 0 Å². The largest absolute Gasteiger partial charge is 0.487 e. The third kappa shape index (κ3) is 3.69. The van der Waals surface area contributed by atoms with Crippen LogP contribution in [0.2, 0.25) is 0 Å². The maximum Gasteiger partial charge on any atom is 0.315 e. The van der Waals surface area contributed by atoms with Gasteiger partial charge >= 0.3 is 6.03 Å². The minimum absolute atomic E-state index is 0.0451. The summed E-state index contributed by atoms with van der Waals surface area (Å²) in [7, 11) is 0. The lowest BCUT2D eigenvalue weighted by molar-refractivity contribution is 0.138. The number of urea groups is 1. The fraction of sp³-hybridized carbons (Fsp3) is 0.444. The first-order chi connectivity index (χ1) is 11.5. The minimum atomic E-state index is -0.220. The molecule has 2 aromatic rings. The van der Waals surface area contributed by atoms with Crippen molar-refractivity contribution in [2.24, 2.45) is 0 Å². The van der Waals surface area contributed by atoms with Crippen LogP contribution in [-0.4, -0.2) is 16.8 Å². The van der Waals surface area contributed by atoms with E-state index in [9.17, 15) is 4.79 Å². The van der Waals surface area contributed by atoms with Crippen LogP contribution in [0.5, 0.6) is 5.75 Å². The van der Waals surface area contributed by atoms with Crippen molar-refractivity contribution in [3.8, 4) is 5.75 Å². The monoisotopic (exact) mass is 329 g/mol. The summed E-state index contributed by atoms with van der Waals surface area (Å²) in [4.78, 5) is 12.1. The Hall–Kier alpha value is -2.50. The fourth-order valence-corrected chi connectivity index (χ4v) is 2.98. The van der Waals surface area contributed by atoms with E-state index < -0.39 is 0 Å². The molecule has 2 heterocycles. The van der Waals surface area contributed by atoms with Gasteiger partial charge in [0.15, 0.2) is 0 Å². The molecule has 0 unspecified atom stereocenters. The predicted molar refractivity (Wildman–Crippen MR) is 89.8 cm³/mol. The lowest BCUT2D eigenvalue weighted by atomic mass is 9.97. The molecule has 2 N–H and O–H groups in total. The van der Waals surface area contributed by atoms with Gasteiger partial charge in [-0.25, -0.2) is 4.79 Å². The third-order valence-electron chi connectivity index (χ3n) is 4.12. The van der Waals surface area contributed by atoms with E-state index in [0.717, 1.165) is 24.2 Å². The molecule has 1 aliphatic rings. The topological polar surface area (TPSA) is 76.4 Å². The van der Waals surface area contributed by atoms with Crippen LogP contribution in [-0.2, 0) is 13.0 Å². The number of ether oxygens (including phenoxy) is 1. The summed E-state index contributed by atoms with van der Waals surface area (Å²) in [5.41, 5.74) is 2.82. The van der Waals surface area contributed by atoms with Crippen molar-refractivity contribution in [2.45, 2.75) is 51.8 Å². The molecule has 0 saturated carbocycles. The highest BCUT2D eigenvalue weighted by atomic mass is 16.5. The number of hydrogen-bond acceptors (Lipinski definition) is 4. The highest BCUT2D eigenvalue weighted by molar-refractivity contribution is 5.74. The van der Waals surface area contributed by atoms with Gasteiger partial charge in [-0.1, -0.05) is 18.1 Å². The zero-order valence-corrected chi connectivity index (χ0v) is 14.3. The van der Waals surface area contributed by atoms with Crippen LogP contribution < -0.4 is 15.4 Å². The van der Waals surface area contributed by atoms with E-state index >= 15 is 0 Å². The Morgan fingerprint density at radius 3 is 2.92 bits per heavy atom. The molecule has 24 heavy (non-hydrogen) atoms. The Labute approximate surface area is 141 Å². The number of fused-ring (bicyclic) bond motifs is 1. The first kappa shape index (κ1) is 16.4. The summed E-state index contributed by atoms with van der Waals surface area (Å²) in [5.74, 6) is 0.939. The van der Waals surface area contributed by atoms with Gasteiger partial charge in [0.05, 0.1) is 12.6 Å². The van der Waals surface area contributed by atoms with Crippen molar-refractivity contribution >= 4 is 6.03 Å². The normalized spacial score (nSPS) is 16.1. The molecule has 6 heteroatoms. The second-order valence-corrected chi connectivity index (χ2v) is 6.68. The number of amides is 2. The van der Waals surface area contributed by atoms with E-state index in [1.165, 1.54) is 11.8 Å². The fourth-order valence-electron chi connectivity index (χ4n) is 2.98. The maximum atomic E-state index is 12.1. The minimum Gasteiger partial charge on any atom is -0.487 e. The third-order valence-corrected chi connectivity index (χ3v) is 4.12. The van der Waals surface area contributed by atoms with E-state index in [-0.39, 0.29) is 17.7 Å². The molecule has 1 atom stereocenters. The van der Waals surface area contributed by atoms with E-state index in [1.807, 2.05) is 12.1 Å². The average Bonchev–Trinajstić information content (AvgIpc) is 3.15. The van der Waals surface area contributed by atoms with Crippen LogP contribution >= 0.6 is 0 Å². The lowest BCUT2D eigenvalue weighted by Gasteiger charge is -2.18. The summed E-state index contributed by atoms with van der Waals surface area (Å²) in [5, 5.41) is 9.56. The standard InChI is InChI=1S/C18H23N3O3/c1-4-15(20-17(22)19-11-14-7-8-23-21-14)12-5-6-16-13(9-12)10-18(2,3)24-16/h5-9,15H,4,10-11H2,1-3H3,(H2,19,20,22)/t15-/m0/s1. The van der Waals surface area contributed by atoms with Crippen molar-refractivity contribution in [1.29, 1.82) is 0 Å². The summed E-state index contributed by atoms with van der Waals surface area (Å²) in [6.45, 7) is 6.56. The number of carbonyl (C=O) groups excluding carboxylic acids is 1. The number of aromatic nitrogens is 1.